The number of aliphatic imine (C=N–C) groups is 1. The zero-order chi connectivity index (χ0) is 12.0. The molecule has 0 saturated heterocycles. The first-order chi connectivity index (χ1) is 7.67. The third kappa shape index (κ3) is 3.35. The van der Waals surface area contributed by atoms with Crippen molar-refractivity contribution in [2.45, 2.75) is 19.8 Å². The molecule has 0 aliphatic carbocycles. The Hall–Kier alpha value is -1.89. The van der Waals surface area contributed by atoms with Crippen LogP contribution in [0.4, 0.5) is 5.82 Å². The van der Waals surface area contributed by atoms with E-state index in [9.17, 15) is 0 Å². The summed E-state index contributed by atoms with van der Waals surface area (Å²) in [5.41, 5.74) is 1.49. The number of hydrogen-bond donors (Lipinski definition) is 0. The molecule has 16 heavy (non-hydrogen) atoms. The number of pyridine rings is 1. The van der Waals surface area contributed by atoms with Crippen LogP contribution < -0.4 is 0 Å². The lowest BCUT2D eigenvalue weighted by Crippen LogP contribution is -2.07. The molecule has 4 heteroatoms. The minimum atomic E-state index is 0.502. The van der Waals surface area contributed by atoms with E-state index in [1.807, 2.05) is 25.1 Å². The van der Waals surface area contributed by atoms with Gasteiger partial charge in [0, 0.05) is 19.8 Å². The summed E-state index contributed by atoms with van der Waals surface area (Å²) < 4.78 is 0. The quantitative estimate of drug-likeness (QED) is 0.572. The van der Waals surface area contributed by atoms with E-state index in [1.54, 1.807) is 12.4 Å². The first-order valence-electron chi connectivity index (χ1n) is 5.28. The van der Waals surface area contributed by atoms with Crippen molar-refractivity contribution in [3.05, 3.63) is 23.4 Å². The van der Waals surface area contributed by atoms with Gasteiger partial charge in [-0.3, -0.25) is 0 Å². The molecule has 0 unspecified atom stereocenters. The van der Waals surface area contributed by atoms with Gasteiger partial charge in [-0.1, -0.05) is 13.3 Å². The summed E-state index contributed by atoms with van der Waals surface area (Å²) in [6.45, 7) is 2.10. The number of aryl methyl sites for hydroxylation is 1. The molecule has 1 heterocycles. The van der Waals surface area contributed by atoms with Crippen LogP contribution in [0.2, 0.25) is 0 Å². The normalized spacial score (nSPS) is 10.4. The second kappa shape index (κ2) is 5.86. The number of nitriles is 1. The van der Waals surface area contributed by atoms with Crippen molar-refractivity contribution >= 4 is 12.2 Å². The molecule has 1 aromatic rings. The van der Waals surface area contributed by atoms with E-state index in [0.29, 0.717) is 11.4 Å². The molecular formula is C12H16N4. The van der Waals surface area contributed by atoms with Gasteiger partial charge in [0.25, 0.3) is 0 Å². The van der Waals surface area contributed by atoms with Gasteiger partial charge >= 0.3 is 0 Å². The topological polar surface area (TPSA) is 52.3 Å². The minimum absolute atomic E-state index is 0.502. The number of aromatic nitrogens is 1. The van der Waals surface area contributed by atoms with Crippen molar-refractivity contribution in [1.82, 2.24) is 9.88 Å². The monoisotopic (exact) mass is 216 g/mol. The SMILES string of the molecule is CCCc1ccc(C#N)c(/N=C\N(C)C)n1. The van der Waals surface area contributed by atoms with E-state index in [2.05, 4.69) is 23.0 Å². The van der Waals surface area contributed by atoms with Crippen LogP contribution in [0.3, 0.4) is 0 Å². The summed E-state index contributed by atoms with van der Waals surface area (Å²) in [6, 6.07) is 5.76. The third-order valence-electron chi connectivity index (χ3n) is 1.97. The van der Waals surface area contributed by atoms with E-state index in [4.69, 9.17) is 5.26 Å². The lowest BCUT2D eigenvalue weighted by Gasteiger charge is -2.04. The molecule has 0 atom stereocenters. The van der Waals surface area contributed by atoms with Gasteiger partial charge in [-0.15, -0.1) is 0 Å². The van der Waals surface area contributed by atoms with Gasteiger partial charge in [-0.2, -0.15) is 5.26 Å². The first-order valence-corrected chi connectivity index (χ1v) is 5.28. The number of rotatable bonds is 4. The molecule has 0 amide bonds. The lowest BCUT2D eigenvalue weighted by atomic mass is 10.2. The van der Waals surface area contributed by atoms with Crippen LogP contribution in [-0.2, 0) is 6.42 Å². The van der Waals surface area contributed by atoms with Crippen molar-refractivity contribution in [2.24, 2.45) is 4.99 Å². The Balaban J connectivity index is 3.03. The Bertz CT molecular complexity index is 416. The highest BCUT2D eigenvalue weighted by atomic mass is 15.1. The highest BCUT2D eigenvalue weighted by Crippen LogP contribution is 2.16. The summed E-state index contributed by atoms with van der Waals surface area (Å²) in [5, 5.41) is 8.93. The molecule has 1 rings (SSSR count). The third-order valence-corrected chi connectivity index (χ3v) is 1.97. The van der Waals surface area contributed by atoms with Crippen LogP contribution in [0, 0.1) is 11.3 Å². The molecule has 0 bridgehead atoms. The van der Waals surface area contributed by atoms with E-state index in [1.165, 1.54) is 0 Å². The standard InChI is InChI=1S/C12H16N4/c1-4-5-11-7-6-10(8-13)12(15-11)14-9-16(2)3/h6-7,9H,4-5H2,1-3H3/b14-9-. The fourth-order valence-corrected chi connectivity index (χ4v) is 1.24. The molecule has 0 saturated carbocycles. The largest absolute Gasteiger partial charge is 0.369 e. The van der Waals surface area contributed by atoms with Gasteiger partial charge < -0.3 is 4.90 Å². The van der Waals surface area contributed by atoms with E-state index < -0.39 is 0 Å². The van der Waals surface area contributed by atoms with E-state index in [0.717, 1.165) is 18.5 Å². The molecule has 0 fully saturated rings. The van der Waals surface area contributed by atoms with Crippen molar-refractivity contribution < 1.29 is 0 Å². The van der Waals surface area contributed by atoms with Gasteiger partial charge in [-0.25, -0.2) is 9.98 Å². The summed E-state index contributed by atoms with van der Waals surface area (Å²) >= 11 is 0. The maximum atomic E-state index is 8.93. The number of nitrogens with zero attached hydrogens (tertiary/aromatic N) is 4. The molecular weight excluding hydrogens is 200 g/mol. The van der Waals surface area contributed by atoms with Crippen molar-refractivity contribution in [1.29, 1.82) is 5.26 Å². The first kappa shape index (κ1) is 12.2. The second-order valence-corrected chi connectivity index (χ2v) is 3.74. The average Bonchev–Trinajstić information content (AvgIpc) is 2.27. The van der Waals surface area contributed by atoms with E-state index in [-0.39, 0.29) is 0 Å². The zero-order valence-electron chi connectivity index (χ0n) is 9.94. The van der Waals surface area contributed by atoms with Crippen LogP contribution in [0.25, 0.3) is 0 Å². The van der Waals surface area contributed by atoms with Crippen LogP contribution >= 0.6 is 0 Å². The summed E-state index contributed by atoms with van der Waals surface area (Å²) in [6.07, 6.45) is 3.60. The summed E-state index contributed by atoms with van der Waals surface area (Å²) in [7, 11) is 3.76. The van der Waals surface area contributed by atoms with Gasteiger partial charge in [0.05, 0.1) is 11.9 Å². The highest BCUT2D eigenvalue weighted by Gasteiger charge is 2.03. The second-order valence-electron chi connectivity index (χ2n) is 3.74. The van der Waals surface area contributed by atoms with Gasteiger partial charge in [-0.05, 0) is 18.6 Å². The molecule has 0 spiro atoms. The molecule has 0 N–H and O–H groups in total. The lowest BCUT2D eigenvalue weighted by molar-refractivity contribution is 0.643. The Labute approximate surface area is 96.3 Å². The maximum absolute atomic E-state index is 8.93. The van der Waals surface area contributed by atoms with Gasteiger partial charge in [0.1, 0.15) is 6.07 Å². The predicted octanol–water partition coefficient (Wildman–Crippen LogP) is 2.13. The Morgan fingerprint density at radius 1 is 1.50 bits per heavy atom. The van der Waals surface area contributed by atoms with Gasteiger partial charge in [0.15, 0.2) is 5.82 Å². The smallest absolute Gasteiger partial charge is 0.171 e. The van der Waals surface area contributed by atoms with E-state index >= 15 is 0 Å². The Kier molecular flexibility index (Phi) is 4.46. The van der Waals surface area contributed by atoms with Gasteiger partial charge in [0.2, 0.25) is 0 Å². The van der Waals surface area contributed by atoms with Crippen molar-refractivity contribution in [3.8, 4) is 6.07 Å². The summed E-state index contributed by atoms with van der Waals surface area (Å²) in [5.74, 6) is 0.502. The zero-order valence-corrected chi connectivity index (χ0v) is 9.94. The number of hydrogen-bond acceptors (Lipinski definition) is 3. The van der Waals surface area contributed by atoms with Crippen LogP contribution in [-0.4, -0.2) is 30.3 Å². The average molecular weight is 216 g/mol. The minimum Gasteiger partial charge on any atom is -0.369 e. The molecule has 1 aromatic heterocycles. The van der Waals surface area contributed by atoms with Crippen LogP contribution in [0.1, 0.15) is 24.6 Å². The van der Waals surface area contributed by atoms with Crippen LogP contribution in [0.15, 0.2) is 17.1 Å². The molecule has 84 valence electrons. The fourth-order valence-electron chi connectivity index (χ4n) is 1.24. The highest BCUT2D eigenvalue weighted by molar-refractivity contribution is 5.62. The molecule has 0 aromatic carbocycles. The van der Waals surface area contributed by atoms with Crippen molar-refractivity contribution in [3.63, 3.8) is 0 Å². The summed E-state index contributed by atoms with van der Waals surface area (Å²) in [4.78, 5) is 10.4. The maximum Gasteiger partial charge on any atom is 0.171 e. The fraction of sp³-hybridized carbons (Fsp3) is 0.417. The molecule has 4 nitrogen and oxygen atoms in total. The molecule has 0 aliphatic rings. The van der Waals surface area contributed by atoms with Crippen molar-refractivity contribution in [2.75, 3.05) is 14.1 Å². The van der Waals surface area contributed by atoms with Crippen LogP contribution in [0.5, 0.6) is 0 Å². The molecule has 0 radical (unpaired) electrons. The Morgan fingerprint density at radius 2 is 2.25 bits per heavy atom. The molecule has 0 aliphatic heterocycles. The predicted molar refractivity (Wildman–Crippen MR) is 64.8 cm³/mol. The Morgan fingerprint density at radius 3 is 2.81 bits per heavy atom.